The minimum Gasteiger partial charge on any atom is -0.542 e. The zero-order valence-electron chi connectivity index (χ0n) is 21.4. The molecular formula is C28H25Cl2F3N2O3S2. The van der Waals surface area contributed by atoms with Gasteiger partial charge in [-0.15, -0.1) is 0 Å². The average Bonchev–Trinajstić information content (AvgIpc) is 3.23. The van der Waals surface area contributed by atoms with Crippen molar-refractivity contribution >= 4 is 68.4 Å². The number of thioether (sulfide) groups is 1. The number of amides is 1. The second kappa shape index (κ2) is 14.2. The first-order valence-electron chi connectivity index (χ1n) is 11.9. The van der Waals surface area contributed by atoms with E-state index in [0.29, 0.717) is 10.8 Å². The van der Waals surface area contributed by atoms with Crippen LogP contribution in [0.15, 0.2) is 77.1 Å². The van der Waals surface area contributed by atoms with E-state index in [-0.39, 0.29) is 17.9 Å². The molecule has 1 N–H and O–H groups in total. The highest BCUT2D eigenvalue weighted by atomic mass is 35.5. The van der Waals surface area contributed by atoms with Crippen molar-refractivity contribution in [1.29, 1.82) is 0 Å². The van der Waals surface area contributed by atoms with Crippen molar-refractivity contribution in [3.8, 4) is 0 Å². The number of aryl methyl sites for hydroxylation is 1. The van der Waals surface area contributed by atoms with Crippen molar-refractivity contribution < 1.29 is 32.4 Å². The molecule has 0 fully saturated rings. The van der Waals surface area contributed by atoms with Crippen molar-refractivity contribution in [3.63, 3.8) is 0 Å². The zero-order valence-corrected chi connectivity index (χ0v) is 24.5. The number of halogens is 5. The second-order valence-corrected chi connectivity index (χ2v) is 11.9. The molecule has 0 saturated heterocycles. The number of hydrogen-bond donors (Lipinski definition) is 1. The summed E-state index contributed by atoms with van der Waals surface area (Å²) in [6.45, 7) is 2.07. The minimum absolute atomic E-state index is 0.0278. The number of rotatable bonds is 8. The molecule has 0 radical (unpaired) electrons. The maximum absolute atomic E-state index is 12.9. The molecule has 2 atom stereocenters. The van der Waals surface area contributed by atoms with E-state index in [4.69, 9.17) is 33.1 Å². The van der Waals surface area contributed by atoms with Gasteiger partial charge >= 0.3 is 6.18 Å². The van der Waals surface area contributed by atoms with Crippen molar-refractivity contribution in [2.45, 2.75) is 35.8 Å². The van der Waals surface area contributed by atoms with Gasteiger partial charge in [0.2, 0.25) is 11.4 Å². The van der Waals surface area contributed by atoms with Gasteiger partial charge in [-0.1, -0.05) is 70.9 Å². The normalized spacial score (nSPS) is 12.8. The number of nitrogens with zero attached hydrogens (tertiary/aromatic N) is 1. The summed E-state index contributed by atoms with van der Waals surface area (Å²) in [6.07, 6.45) is -4.40. The van der Waals surface area contributed by atoms with E-state index >= 15 is 0 Å². The van der Waals surface area contributed by atoms with E-state index in [1.54, 1.807) is 23.1 Å². The summed E-state index contributed by atoms with van der Waals surface area (Å²) in [6, 6.07) is 24.0. The lowest BCUT2D eigenvalue weighted by Gasteiger charge is -2.26. The van der Waals surface area contributed by atoms with Gasteiger partial charge in [-0.05, 0) is 66.6 Å². The fourth-order valence-electron chi connectivity index (χ4n) is 3.90. The number of carboxylic acid groups (broad SMARTS) is 1. The highest BCUT2D eigenvalue weighted by Crippen LogP contribution is 2.29. The number of fused-ring (bicyclic) bond motifs is 1. The maximum Gasteiger partial charge on any atom is 0.430 e. The molecule has 0 aliphatic heterocycles. The molecule has 40 heavy (non-hydrogen) atoms. The Kier molecular flexibility index (Phi) is 11.3. The number of nitrogens with one attached hydrogen (secondary N) is 1. The molecule has 0 saturated carbocycles. The van der Waals surface area contributed by atoms with Crippen molar-refractivity contribution in [1.82, 2.24) is 5.32 Å². The third-order valence-corrected chi connectivity index (χ3v) is 8.96. The summed E-state index contributed by atoms with van der Waals surface area (Å²) in [4.78, 5) is 21.6. The molecule has 5 nitrogen and oxygen atoms in total. The predicted octanol–water partition coefficient (Wildman–Crippen LogP) is 5.95. The Morgan fingerprint density at radius 3 is 2.10 bits per heavy atom. The molecule has 1 unspecified atom stereocenters. The van der Waals surface area contributed by atoms with Crippen LogP contribution in [0.1, 0.15) is 24.0 Å². The van der Waals surface area contributed by atoms with E-state index in [1.165, 1.54) is 15.8 Å². The quantitative estimate of drug-likeness (QED) is 0.193. The average molecular weight is 630 g/mol. The number of carboxylic acids is 1. The first kappa shape index (κ1) is 31.7. The Morgan fingerprint density at radius 1 is 1.00 bits per heavy atom. The van der Waals surface area contributed by atoms with Crippen LogP contribution >= 0.6 is 46.3 Å². The van der Waals surface area contributed by atoms with Gasteiger partial charge in [-0.2, -0.15) is 17.7 Å². The Labute approximate surface area is 247 Å². The molecule has 0 aliphatic carbocycles. The van der Waals surface area contributed by atoms with E-state index < -0.39 is 12.1 Å². The minimum atomic E-state index is -5.19. The highest BCUT2D eigenvalue weighted by molar-refractivity contribution is 8.01. The predicted molar refractivity (Wildman–Crippen MR) is 152 cm³/mol. The third-order valence-electron chi connectivity index (χ3n) is 5.92. The fraction of sp³-hybridized carbons (Fsp3) is 0.250. The molecule has 4 rings (SSSR count). The molecule has 4 aromatic rings. The van der Waals surface area contributed by atoms with Crippen LogP contribution in [0.25, 0.3) is 10.2 Å². The fourth-order valence-corrected chi connectivity index (χ4v) is 6.34. The highest BCUT2D eigenvalue weighted by Gasteiger charge is 2.29. The lowest BCUT2D eigenvalue weighted by Crippen LogP contribution is -2.39. The van der Waals surface area contributed by atoms with Gasteiger partial charge in [0.25, 0.3) is 4.34 Å². The van der Waals surface area contributed by atoms with Crippen LogP contribution in [-0.2, 0) is 23.1 Å². The Hall–Kier alpha value is -2.79. The summed E-state index contributed by atoms with van der Waals surface area (Å²) >= 11 is 15.5. The molecule has 1 aromatic heterocycles. The van der Waals surface area contributed by atoms with Crippen LogP contribution in [0.5, 0.6) is 0 Å². The first-order valence-corrected chi connectivity index (χ1v) is 14.5. The Morgan fingerprint density at radius 2 is 1.55 bits per heavy atom. The molecule has 0 aliphatic rings. The van der Waals surface area contributed by atoms with Crippen molar-refractivity contribution in [2.75, 3.05) is 5.75 Å². The number of carbonyl (C=O) groups is 2. The lowest BCUT2D eigenvalue weighted by molar-refractivity contribution is -0.676. The number of carbonyl (C=O) groups excluding carboxylic acids is 2. The summed E-state index contributed by atoms with van der Waals surface area (Å²) in [5, 5.41) is 13.4. The Balaban J connectivity index is 0.000000559. The SMILES string of the molecule is CC(NC(=O)CSc1sc2ccccc2[n+]1C)[C@H](Cc1ccc(Cl)cc1)c1ccc(Cl)cc1.O=C([O-])C(F)(F)F. The number of para-hydroxylation sites is 1. The molecule has 12 heteroatoms. The molecule has 0 spiro atoms. The van der Waals surface area contributed by atoms with E-state index in [1.807, 2.05) is 67.7 Å². The van der Waals surface area contributed by atoms with Gasteiger partial charge < -0.3 is 15.2 Å². The van der Waals surface area contributed by atoms with Crippen LogP contribution in [0, 0.1) is 0 Å². The van der Waals surface area contributed by atoms with Gasteiger partial charge in [0.1, 0.15) is 17.7 Å². The monoisotopic (exact) mass is 628 g/mol. The second-order valence-electron chi connectivity index (χ2n) is 8.81. The largest absolute Gasteiger partial charge is 0.542 e. The lowest BCUT2D eigenvalue weighted by atomic mass is 9.86. The van der Waals surface area contributed by atoms with Gasteiger partial charge in [-0.3, -0.25) is 4.79 Å². The summed E-state index contributed by atoms with van der Waals surface area (Å²) in [5.41, 5.74) is 3.50. The Bertz CT molecular complexity index is 1450. The van der Waals surface area contributed by atoms with Crippen LogP contribution in [0.2, 0.25) is 10.0 Å². The number of aliphatic carboxylic acids is 1. The maximum atomic E-state index is 12.9. The molecule has 212 valence electrons. The number of aromatic nitrogens is 1. The summed E-state index contributed by atoms with van der Waals surface area (Å²) in [7, 11) is 2.05. The standard InChI is InChI=1S/C26H24Cl2N2OS2.C2HF3O2/c1-17(29-25(31)16-32-26-30(2)23-5-3-4-6-24(23)33-26)22(19-9-13-21(28)14-10-19)15-18-7-11-20(27)12-8-18;3-2(4,5)1(6)7/h3-14,17,22H,15-16H2,1-2H3;(H,6,7)/t17?,22-;/m0./s1. The van der Waals surface area contributed by atoms with Crippen LogP contribution in [0.3, 0.4) is 0 Å². The molecule has 3 aromatic carbocycles. The molecule has 0 bridgehead atoms. The number of alkyl halides is 3. The van der Waals surface area contributed by atoms with Crippen LogP contribution in [-0.4, -0.2) is 29.8 Å². The van der Waals surface area contributed by atoms with Crippen molar-refractivity contribution in [3.05, 3.63) is 94.0 Å². The van der Waals surface area contributed by atoms with Crippen LogP contribution in [0.4, 0.5) is 13.2 Å². The molecule has 1 amide bonds. The zero-order chi connectivity index (χ0) is 29.4. The summed E-state index contributed by atoms with van der Waals surface area (Å²) in [5.74, 6) is -2.50. The van der Waals surface area contributed by atoms with E-state index in [9.17, 15) is 18.0 Å². The molecule has 1 heterocycles. The first-order chi connectivity index (χ1) is 18.8. The van der Waals surface area contributed by atoms with Gasteiger partial charge in [0.05, 0.1) is 5.75 Å². The number of benzene rings is 3. The number of hydrogen-bond acceptors (Lipinski definition) is 5. The van der Waals surface area contributed by atoms with E-state index in [0.717, 1.165) is 21.3 Å². The van der Waals surface area contributed by atoms with E-state index in [2.05, 4.69) is 28.9 Å². The van der Waals surface area contributed by atoms with Gasteiger partial charge in [0.15, 0.2) is 0 Å². The molecular weight excluding hydrogens is 604 g/mol. The van der Waals surface area contributed by atoms with Crippen molar-refractivity contribution in [2.24, 2.45) is 7.05 Å². The smallest absolute Gasteiger partial charge is 0.430 e. The van der Waals surface area contributed by atoms with Gasteiger partial charge in [-0.25, -0.2) is 0 Å². The number of thiazole rings is 1. The topological polar surface area (TPSA) is 73.1 Å². The summed E-state index contributed by atoms with van der Waals surface area (Å²) < 4.78 is 36.0. The third kappa shape index (κ3) is 9.12. The van der Waals surface area contributed by atoms with Crippen LogP contribution < -0.4 is 15.0 Å². The van der Waals surface area contributed by atoms with Gasteiger partial charge in [0, 0.05) is 28.1 Å².